The molecular formula is C20H23Cl2NO2. The van der Waals surface area contributed by atoms with Crippen LogP contribution < -0.4 is 14.8 Å². The van der Waals surface area contributed by atoms with Gasteiger partial charge in [0.1, 0.15) is 6.61 Å². The number of hydrogen-bond acceptors (Lipinski definition) is 3. The van der Waals surface area contributed by atoms with Gasteiger partial charge in [-0.1, -0.05) is 54.2 Å². The zero-order chi connectivity index (χ0) is 17.6. The molecule has 0 aromatic heterocycles. The Morgan fingerprint density at radius 3 is 2.60 bits per heavy atom. The largest absolute Gasteiger partial charge is 0.493 e. The SMILES string of the molecule is COc1cccc(CNC2CCCC2)c1OCc1ccc(Cl)cc1Cl. The van der Waals surface area contributed by atoms with Gasteiger partial charge in [0.05, 0.1) is 7.11 Å². The van der Waals surface area contributed by atoms with Crippen molar-refractivity contribution in [1.82, 2.24) is 5.32 Å². The third-order valence-electron chi connectivity index (χ3n) is 4.60. The van der Waals surface area contributed by atoms with Crippen molar-refractivity contribution < 1.29 is 9.47 Å². The van der Waals surface area contributed by atoms with Crippen molar-refractivity contribution in [1.29, 1.82) is 0 Å². The zero-order valence-electron chi connectivity index (χ0n) is 14.4. The highest BCUT2D eigenvalue weighted by Gasteiger charge is 2.17. The Balaban J connectivity index is 1.73. The molecule has 134 valence electrons. The molecule has 1 aliphatic rings. The predicted octanol–water partition coefficient (Wildman–Crippen LogP) is 5.61. The van der Waals surface area contributed by atoms with Crippen molar-refractivity contribution >= 4 is 23.2 Å². The Morgan fingerprint density at radius 1 is 1.08 bits per heavy atom. The molecule has 0 spiro atoms. The Hall–Kier alpha value is -1.42. The van der Waals surface area contributed by atoms with Crippen LogP contribution in [0.1, 0.15) is 36.8 Å². The smallest absolute Gasteiger partial charge is 0.166 e. The van der Waals surface area contributed by atoms with Crippen LogP contribution in [0.2, 0.25) is 10.0 Å². The Morgan fingerprint density at radius 2 is 1.88 bits per heavy atom. The lowest BCUT2D eigenvalue weighted by atomic mass is 10.1. The van der Waals surface area contributed by atoms with Crippen LogP contribution in [0.25, 0.3) is 0 Å². The van der Waals surface area contributed by atoms with Gasteiger partial charge in [0.25, 0.3) is 0 Å². The first-order valence-corrected chi connectivity index (χ1v) is 9.39. The molecule has 0 bridgehead atoms. The maximum absolute atomic E-state index is 6.25. The fourth-order valence-electron chi connectivity index (χ4n) is 3.20. The standard InChI is InChI=1S/C20H23Cl2NO2/c1-24-19-8-4-5-14(12-23-17-6-2-3-7-17)20(19)25-13-15-9-10-16(21)11-18(15)22/h4-5,8-11,17,23H,2-3,6-7,12-13H2,1H3. The molecule has 25 heavy (non-hydrogen) atoms. The number of para-hydroxylation sites is 1. The minimum Gasteiger partial charge on any atom is -0.493 e. The van der Waals surface area contributed by atoms with Gasteiger partial charge in [-0.3, -0.25) is 0 Å². The summed E-state index contributed by atoms with van der Waals surface area (Å²) in [4.78, 5) is 0. The quantitative estimate of drug-likeness (QED) is 0.677. The van der Waals surface area contributed by atoms with Gasteiger partial charge < -0.3 is 14.8 Å². The van der Waals surface area contributed by atoms with E-state index in [1.807, 2.05) is 24.3 Å². The van der Waals surface area contributed by atoms with E-state index >= 15 is 0 Å². The van der Waals surface area contributed by atoms with E-state index in [1.54, 1.807) is 13.2 Å². The molecule has 1 fully saturated rings. The van der Waals surface area contributed by atoms with Crippen molar-refractivity contribution in [2.75, 3.05) is 7.11 Å². The molecule has 2 aromatic rings. The van der Waals surface area contributed by atoms with Gasteiger partial charge in [-0.25, -0.2) is 0 Å². The summed E-state index contributed by atoms with van der Waals surface area (Å²) in [5.74, 6) is 1.50. The lowest BCUT2D eigenvalue weighted by Gasteiger charge is -2.18. The third-order valence-corrected chi connectivity index (χ3v) is 5.19. The molecule has 0 atom stereocenters. The average molecular weight is 380 g/mol. The number of benzene rings is 2. The molecule has 1 saturated carbocycles. The van der Waals surface area contributed by atoms with E-state index in [2.05, 4.69) is 11.4 Å². The van der Waals surface area contributed by atoms with E-state index < -0.39 is 0 Å². The van der Waals surface area contributed by atoms with Crippen molar-refractivity contribution in [2.45, 2.75) is 44.9 Å². The lowest BCUT2D eigenvalue weighted by Crippen LogP contribution is -2.25. The van der Waals surface area contributed by atoms with Gasteiger partial charge in [-0.15, -0.1) is 0 Å². The fourth-order valence-corrected chi connectivity index (χ4v) is 3.66. The second kappa shape index (κ2) is 8.79. The molecular weight excluding hydrogens is 357 g/mol. The molecule has 3 rings (SSSR count). The number of methoxy groups -OCH3 is 1. The summed E-state index contributed by atoms with van der Waals surface area (Å²) in [6.45, 7) is 1.14. The van der Waals surface area contributed by atoms with Crippen molar-refractivity contribution in [3.05, 3.63) is 57.6 Å². The second-order valence-electron chi connectivity index (χ2n) is 6.34. The minimum absolute atomic E-state index is 0.368. The summed E-state index contributed by atoms with van der Waals surface area (Å²) >= 11 is 12.2. The Bertz CT molecular complexity index is 715. The maximum Gasteiger partial charge on any atom is 0.166 e. The van der Waals surface area contributed by atoms with Gasteiger partial charge in [0.2, 0.25) is 0 Å². The first-order chi connectivity index (χ1) is 12.2. The summed E-state index contributed by atoms with van der Waals surface area (Å²) in [7, 11) is 1.66. The summed E-state index contributed by atoms with van der Waals surface area (Å²) in [5.41, 5.74) is 1.99. The predicted molar refractivity (Wildman–Crippen MR) is 103 cm³/mol. The second-order valence-corrected chi connectivity index (χ2v) is 7.18. The number of ether oxygens (including phenoxy) is 2. The number of nitrogens with one attached hydrogen (secondary N) is 1. The first kappa shape index (κ1) is 18.4. The Labute approximate surface area is 159 Å². The van der Waals surface area contributed by atoms with Crippen LogP contribution in [0.3, 0.4) is 0 Å². The van der Waals surface area contributed by atoms with Gasteiger partial charge in [0.15, 0.2) is 11.5 Å². The third kappa shape index (κ3) is 4.81. The van der Waals surface area contributed by atoms with Crippen molar-refractivity contribution in [3.63, 3.8) is 0 Å². The zero-order valence-corrected chi connectivity index (χ0v) is 15.9. The van der Waals surface area contributed by atoms with Crippen LogP contribution in [0.15, 0.2) is 36.4 Å². The highest BCUT2D eigenvalue weighted by molar-refractivity contribution is 6.35. The number of halogens is 2. The molecule has 1 aliphatic carbocycles. The van der Waals surface area contributed by atoms with E-state index in [9.17, 15) is 0 Å². The van der Waals surface area contributed by atoms with Crippen LogP contribution in [-0.2, 0) is 13.2 Å². The molecule has 1 N–H and O–H groups in total. The molecule has 2 aromatic carbocycles. The molecule has 0 aliphatic heterocycles. The topological polar surface area (TPSA) is 30.5 Å². The van der Waals surface area contributed by atoms with E-state index in [4.69, 9.17) is 32.7 Å². The van der Waals surface area contributed by atoms with Crippen LogP contribution >= 0.6 is 23.2 Å². The highest BCUT2D eigenvalue weighted by atomic mass is 35.5. The van der Waals surface area contributed by atoms with Crippen molar-refractivity contribution in [2.24, 2.45) is 0 Å². The molecule has 5 heteroatoms. The van der Waals surface area contributed by atoms with E-state index in [0.717, 1.165) is 29.2 Å². The lowest BCUT2D eigenvalue weighted by molar-refractivity contribution is 0.280. The summed E-state index contributed by atoms with van der Waals surface area (Å²) in [6.07, 6.45) is 5.13. The van der Waals surface area contributed by atoms with E-state index in [1.165, 1.54) is 25.7 Å². The molecule has 0 amide bonds. The van der Waals surface area contributed by atoms with Crippen molar-refractivity contribution in [3.8, 4) is 11.5 Å². The van der Waals surface area contributed by atoms with Crippen LogP contribution in [-0.4, -0.2) is 13.2 Å². The molecule has 0 radical (unpaired) electrons. The van der Waals surface area contributed by atoms with Gasteiger partial charge in [-0.2, -0.15) is 0 Å². The maximum atomic E-state index is 6.25. The highest BCUT2D eigenvalue weighted by Crippen LogP contribution is 2.33. The first-order valence-electron chi connectivity index (χ1n) is 8.63. The number of hydrogen-bond donors (Lipinski definition) is 1. The van der Waals surface area contributed by atoms with Gasteiger partial charge in [-0.05, 0) is 31.0 Å². The molecule has 3 nitrogen and oxygen atoms in total. The summed E-state index contributed by atoms with van der Waals surface area (Å²) < 4.78 is 11.6. The molecule has 0 unspecified atom stereocenters. The monoisotopic (exact) mass is 379 g/mol. The van der Waals surface area contributed by atoms with E-state index in [-0.39, 0.29) is 0 Å². The van der Waals surface area contributed by atoms with Gasteiger partial charge in [0, 0.05) is 33.8 Å². The fraction of sp³-hybridized carbons (Fsp3) is 0.400. The van der Waals surface area contributed by atoms with E-state index in [0.29, 0.717) is 22.7 Å². The van der Waals surface area contributed by atoms with Crippen LogP contribution in [0.5, 0.6) is 11.5 Å². The normalized spacial score (nSPS) is 14.7. The number of rotatable bonds is 7. The van der Waals surface area contributed by atoms with Gasteiger partial charge >= 0.3 is 0 Å². The van der Waals surface area contributed by atoms with Crippen LogP contribution in [0, 0.1) is 0 Å². The average Bonchev–Trinajstić information content (AvgIpc) is 3.13. The minimum atomic E-state index is 0.368. The summed E-state index contributed by atoms with van der Waals surface area (Å²) in [5, 5.41) is 4.85. The van der Waals surface area contributed by atoms with Crippen LogP contribution in [0.4, 0.5) is 0 Å². The summed E-state index contributed by atoms with van der Waals surface area (Å²) in [6, 6.07) is 12.0. The molecule has 0 saturated heterocycles. The Kier molecular flexibility index (Phi) is 6.46. The molecule has 0 heterocycles.